The van der Waals surface area contributed by atoms with Gasteiger partial charge in [0.15, 0.2) is 0 Å². The molecule has 2 aromatic rings. The van der Waals surface area contributed by atoms with Crippen molar-refractivity contribution in [2.24, 2.45) is 0 Å². The third-order valence-electron chi connectivity index (χ3n) is 5.01. The fourth-order valence-electron chi connectivity index (χ4n) is 3.21. The van der Waals surface area contributed by atoms with Crippen LogP contribution in [0, 0.1) is 20.8 Å². The molecule has 1 aromatic carbocycles. The van der Waals surface area contributed by atoms with Crippen molar-refractivity contribution < 1.29 is 9.59 Å². The number of nitrogens with zero attached hydrogens (tertiary/aromatic N) is 3. The van der Waals surface area contributed by atoms with Crippen LogP contribution in [0.15, 0.2) is 36.4 Å². The maximum Gasteiger partial charge on any atom is 0.272 e. The second-order valence-electron chi connectivity index (χ2n) is 7.03. The fraction of sp³-hybridized carbons (Fsp3) is 0.381. The van der Waals surface area contributed by atoms with Gasteiger partial charge >= 0.3 is 0 Å². The lowest BCUT2D eigenvalue weighted by Gasteiger charge is -2.34. The molecule has 27 heavy (non-hydrogen) atoms. The Labute approximate surface area is 160 Å². The van der Waals surface area contributed by atoms with Crippen molar-refractivity contribution in [3.05, 3.63) is 58.9 Å². The van der Waals surface area contributed by atoms with Gasteiger partial charge in [0.05, 0.1) is 6.54 Å². The number of aryl methyl sites for hydroxylation is 2. The van der Waals surface area contributed by atoms with E-state index in [1.165, 1.54) is 0 Å². The van der Waals surface area contributed by atoms with Crippen LogP contribution in [-0.4, -0.2) is 59.3 Å². The van der Waals surface area contributed by atoms with E-state index >= 15 is 0 Å². The number of anilines is 1. The predicted octanol–water partition coefficient (Wildman–Crippen LogP) is 2.40. The summed E-state index contributed by atoms with van der Waals surface area (Å²) in [7, 11) is 0. The summed E-state index contributed by atoms with van der Waals surface area (Å²) in [6.07, 6.45) is 0. The third kappa shape index (κ3) is 4.71. The maximum atomic E-state index is 12.6. The fourth-order valence-corrected chi connectivity index (χ4v) is 3.21. The van der Waals surface area contributed by atoms with Crippen molar-refractivity contribution in [3.8, 4) is 0 Å². The SMILES string of the molecule is Cc1cccc(C(=O)N2CCN(CC(=O)Nc3cccc(C)c3C)CC2)n1. The Hall–Kier alpha value is -2.73. The summed E-state index contributed by atoms with van der Waals surface area (Å²) >= 11 is 0. The van der Waals surface area contributed by atoms with Gasteiger partial charge in [0, 0.05) is 37.6 Å². The van der Waals surface area contributed by atoms with E-state index in [1.807, 2.05) is 51.1 Å². The van der Waals surface area contributed by atoms with Crippen molar-refractivity contribution in [1.29, 1.82) is 0 Å². The molecule has 2 amide bonds. The van der Waals surface area contributed by atoms with Crippen molar-refractivity contribution in [3.63, 3.8) is 0 Å². The molecular formula is C21H26N4O2. The Morgan fingerprint density at radius 3 is 2.41 bits per heavy atom. The highest BCUT2D eigenvalue weighted by Crippen LogP contribution is 2.18. The molecular weight excluding hydrogens is 340 g/mol. The molecule has 6 heteroatoms. The van der Waals surface area contributed by atoms with Crippen LogP contribution in [0.1, 0.15) is 27.3 Å². The summed E-state index contributed by atoms with van der Waals surface area (Å²) in [5, 5.41) is 2.99. The molecule has 0 saturated carbocycles. The van der Waals surface area contributed by atoms with Crippen LogP contribution >= 0.6 is 0 Å². The first-order chi connectivity index (χ1) is 12.9. The summed E-state index contributed by atoms with van der Waals surface area (Å²) in [5.74, 6) is -0.0676. The molecule has 0 radical (unpaired) electrons. The molecule has 0 unspecified atom stereocenters. The van der Waals surface area contributed by atoms with Gasteiger partial charge in [-0.1, -0.05) is 18.2 Å². The largest absolute Gasteiger partial charge is 0.335 e. The molecule has 3 rings (SSSR count). The minimum Gasteiger partial charge on any atom is -0.335 e. The first-order valence-electron chi connectivity index (χ1n) is 9.25. The van der Waals surface area contributed by atoms with Gasteiger partial charge < -0.3 is 10.2 Å². The second-order valence-corrected chi connectivity index (χ2v) is 7.03. The zero-order valence-electron chi connectivity index (χ0n) is 16.2. The third-order valence-corrected chi connectivity index (χ3v) is 5.01. The quantitative estimate of drug-likeness (QED) is 0.902. The number of carbonyl (C=O) groups excluding carboxylic acids is 2. The van der Waals surface area contributed by atoms with Crippen molar-refractivity contribution >= 4 is 17.5 Å². The van der Waals surface area contributed by atoms with Gasteiger partial charge in [-0.05, 0) is 50.1 Å². The molecule has 0 atom stereocenters. The van der Waals surface area contributed by atoms with Crippen LogP contribution < -0.4 is 5.32 Å². The molecule has 1 aliphatic heterocycles. The average Bonchev–Trinajstić information content (AvgIpc) is 2.65. The number of pyridine rings is 1. The summed E-state index contributed by atoms with van der Waals surface area (Å²) < 4.78 is 0. The molecule has 1 aliphatic rings. The standard InChI is InChI=1S/C21H26N4O2/c1-15-6-4-8-18(17(15)3)23-20(26)14-24-10-12-25(13-11-24)21(27)19-9-5-7-16(2)22-19/h4-9H,10-14H2,1-3H3,(H,23,26). The molecule has 1 saturated heterocycles. The zero-order chi connectivity index (χ0) is 19.4. The van der Waals surface area contributed by atoms with E-state index in [1.54, 1.807) is 11.0 Å². The predicted molar refractivity (Wildman–Crippen MR) is 106 cm³/mol. The molecule has 6 nitrogen and oxygen atoms in total. The van der Waals surface area contributed by atoms with Crippen LogP contribution in [0.5, 0.6) is 0 Å². The van der Waals surface area contributed by atoms with Gasteiger partial charge in [-0.25, -0.2) is 4.98 Å². The molecule has 2 heterocycles. The Morgan fingerprint density at radius 1 is 1.00 bits per heavy atom. The Bertz CT molecular complexity index is 842. The second kappa shape index (κ2) is 8.31. The van der Waals surface area contributed by atoms with Gasteiger partial charge in [-0.2, -0.15) is 0 Å². The van der Waals surface area contributed by atoms with E-state index < -0.39 is 0 Å². The monoisotopic (exact) mass is 366 g/mol. The van der Waals surface area contributed by atoms with E-state index in [2.05, 4.69) is 15.2 Å². The van der Waals surface area contributed by atoms with Crippen molar-refractivity contribution in [1.82, 2.24) is 14.8 Å². The van der Waals surface area contributed by atoms with Crippen LogP contribution in [0.25, 0.3) is 0 Å². The summed E-state index contributed by atoms with van der Waals surface area (Å²) in [5.41, 5.74) is 4.43. The maximum absolute atomic E-state index is 12.6. The highest BCUT2D eigenvalue weighted by Gasteiger charge is 2.24. The summed E-state index contributed by atoms with van der Waals surface area (Å²) in [6, 6.07) is 11.4. The molecule has 0 aliphatic carbocycles. The highest BCUT2D eigenvalue weighted by molar-refractivity contribution is 5.93. The lowest BCUT2D eigenvalue weighted by atomic mass is 10.1. The summed E-state index contributed by atoms with van der Waals surface area (Å²) in [4.78, 5) is 33.1. The Kier molecular flexibility index (Phi) is 5.86. The van der Waals surface area contributed by atoms with Crippen molar-refractivity contribution in [2.45, 2.75) is 20.8 Å². The highest BCUT2D eigenvalue weighted by atomic mass is 16.2. The molecule has 1 N–H and O–H groups in total. The van der Waals surface area contributed by atoms with Gasteiger partial charge in [0.2, 0.25) is 5.91 Å². The first-order valence-corrected chi connectivity index (χ1v) is 9.25. The number of nitrogens with one attached hydrogen (secondary N) is 1. The Morgan fingerprint density at radius 2 is 1.70 bits per heavy atom. The van der Waals surface area contributed by atoms with Gasteiger partial charge in [-0.15, -0.1) is 0 Å². The molecule has 1 fully saturated rings. The number of benzene rings is 1. The Balaban J connectivity index is 1.51. The first kappa shape index (κ1) is 19.0. The summed E-state index contributed by atoms with van der Waals surface area (Å²) in [6.45, 7) is 8.81. The minimum absolute atomic E-state index is 0.0242. The van der Waals surface area contributed by atoms with E-state index in [4.69, 9.17) is 0 Å². The van der Waals surface area contributed by atoms with Crippen LogP contribution in [-0.2, 0) is 4.79 Å². The minimum atomic E-state index is -0.0433. The number of aromatic nitrogens is 1. The number of amides is 2. The zero-order valence-corrected chi connectivity index (χ0v) is 16.2. The molecule has 0 spiro atoms. The lowest BCUT2D eigenvalue weighted by molar-refractivity contribution is -0.117. The number of piperazine rings is 1. The van der Waals surface area contributed by atoms with E-state index in [0.29, 0.717) is 38.4 Å². The van der Waals surface area contributed by atoms with Gasteiger partial charge in [0.1, 0.15) is 5.69 Å². The number of hydrogen-bond acceptors (Lipinski definition) is 4. The number of carbonyl (C=O) groups is 2. The van der Waals surface area contributed by atoms with Crippen LogP contribution in [0.3, 0.4) is 0 Å². The lowest BCUT2D eigenvalue weighted by Crippen LogP contribution is -2.50. The molecule has 142 valence electrons. The normalized spacial score (nSPS) is 14.9. The average molecular weight is 366 g/mol. The number of hydrogen-bond donors (Lipinski definition) is 1. The number of rotatable bonds is 4. The van der Waals surface area contributed by atoms with Gasteiger partial charge in [-0.3, -0.25) is 14.5 Å². The van der Waals surface area contributed by atoms with Crippen molar-refractivity contribution in [2.75, 3.05) is 38.0 Å². The van der Waals surface area contributed by atoms with E-state index in [0.717, 1.165) is 22.5 Å². The van der Waals surface area contributed by atoms with Crippen LogP contribution in [0.2, 0.25) is 0 Å². The smallest absolute Gasteiger partial charge is 0.272 e. The van der Waals surface area contributed by atoms with Crippen LogP contribution in [0.4, 0.5) is 5.69 Å². The molecule has 0 bridgehead atoms. The van der Waals surface area contributed by atoms with E-state index in [9.17, 15) is 9.59 Å². The van der Waals surface area contributed by atoms with Gasteiger partial charge in [0.25, 0.3) is 5.91 Å². The van der Waals surface area contributed by atoms with E-state index in [-0.39, 0.29) is 11.8 Å². The molecule has 1 aromatic heterocycles. The topological polar surface area (TPSA) is 65.5 Å².